The van der Waals surface area contributed by atoms with Crippen LogP contribution in [0.15, 0.2) is 0 Å². The smallest absolute Gasteiger partial charge is 0.369 e. The number of carbonyl (C=O) groups excluding carboxylic acids is 1. The third-order valence-corrected chi connectivity index (χ3v) is 2.22. The highest BCUT2D eigenvalue weighted by Crippen LogP contribution is 2.43. The quantitative estimate of drug-likeness (QED) is 0.712. The minimum absolute atomic E-state index is 0.303. The fraction of sp³-hybridized carbons (Fsp3) is 0.857. The average Bonchev–Trinajstić information content (AvgIpc) is 1.87. The number of primary amides is 1. The third kappa shape index (κ3) is 1.54. The Labute approximate surface area is 68.9 Å². The van der Waals surface area contributed by atoms with E-state index in [0.717, 1.165) is 0 Å². The van der Waals surface area contributed by atoms with Crippen LogP contribution < -0.4 is 5.73 Å². The first kappa shape index (κ1) is 11.3. The lowest BCUT2D eigenvalue weighted by molar-refractivity contribution is -0.222. The number of rotatable bonds is 3. The molecule has 0 spiro atoms. The zero-order chi connectivity index (χ0) is 9.99. The van der Waals surface area contributed by atoms with E-state index in [1.807, 2.05) is 0 Å². The van der Waals surface area contributed by atoms with Gasteiger partial charge in [-0.15, -0.1) is 0 Å². The van der Waals surface area contributed by atoms with E-state index in [1.54, 1.807) is 0 Å². The van der Waals surface area contributed by atoms with Gasteiger partial charge in [-0.05, 0) is 12.8 Å². The summed E-state index contributed by atoms with van der Waals surface area (Å²) in [7, 11) is 0. The number of nitrogens with two attached hydrogens (primary N) is 1. The number of halogens is 3. The third-order valence-electron chi connectivity index (χ3n) is 2.22. The van der Waals surface area contributed by atoms with Crippen LogP contribution in [0.3, 0.4) is 0 Å². The van der Waals surface area contributed by atoms with Crippen molar-refractivity contribution in [3.63, 3.8) is 0 Å². The molecule has 72 valence electrons. The first-order chi connectivity index (χ1) is 5.31. The largest absolute Gasteiger partial charge is 0.403 e. The molecular formula is C7H12F3NO. The topological polar surface area (TPSA) is 43.1 Å². The summed E-state index contributed by atoms with van der Waals surface area (Å²) in [5.74, 6) is -1.29. The van der Waals surface area contributed by atoms with E-state index in [-0.39, 0.29) is 12.8 Å². The van der Waals surface area contributed by atoms with Crippen molar-refractivity contribution >= 4 is 5.91 Å². The molecule has 0 saturated carbocycles. The van der Waals surface area contributed by atoms with E-state index in [2.05, 4.69) is 0 Å². The lowest BCUT2D eigenvalue weighted by atomic mass is 9.81. The van der Waals surface area contributed by atoms with Crippen molar-refractivity contribution in [1.29, 1.82) is 0 Å². The van der Waals surface area contributed by atoms with Crippen LogP contribution in [0, 0.1) is 5.41 Å². The Morgan fingerprint density at radius 1 is 1.25 bits per heavy atom. The molecule has 2 nitrogen and oxygen atoms in total. The molecule has 1 amide bonds. The summed E-state index contributed by atoms with van der Waals surface area (Å²) in [6.45, 7) is 2.61. The fourth-order valence-corrected chi connectivity index (χ4v) is 1.14. The molecule has 2 N–H and O–H groups in total. The molecule has 12 heavy (non-hydrogen) atoms. The average molecular weight is 183 g/mol. The predicted molar refractivity (Wildman–Crippen MR) is 38.3 cm³/mol. The molecule has 0 rings (SSSR count). The van der Waals surface area contributed by atoms with Gasteiger partial charge in [0.15, 0.2) is 0 Å². The first-order valence-corrected chi connectivity index (χ1v) is 3.68. The minimum atomic E-state index is -4.54. The van der Waals surface area contributed by atoms with E-state index < -0.39 is 17.5 Å². The summed E-state index contributed by atoms with van der Waals surface area (Å²) in [6.07, 6.45) is -5.15. The van der Waals surface area contributed by atoms with Crippen LogP contribution in [0.25, 0.3) is 0 Å². The van der Waals surface area contributed by atoms with Gasteiger partial charge in [-0.2, -0.15) is 13.2 Å². The number of alkyl halides is 3. The van der Waals surface area contributed by atoms with Gasteiger partial charge in [0, 0.05) is 0 Å². The molecule has 0 radical (unpaired) electrons. The summed E-state index contributed by atoms with van der Waals surface area (Å²) < 4.78 is 37.0. The van der Waals surface area contributed by atoms with Gasteiger partial charge in [0.1, 0.15) is 5.41 Å². The zero-order valence-electron chi connectivity index (χ0n) is 7.03. The maximum atomic E-state index is 12.3. The molecule has 5 heteroatoms. The van der Waals surface area contributed by atoms with E-state index >= 15 is 0 Å². The Kier molecular flexibility index (Phi) is 3.12. The van der Waals surface area contributed by atoms with Crippen molar-refractivity contribution in [2.75, 3.05) is 0 Å². The summed E-state index contributed by atoms with van der Waals surface area (Å²) in [5.41, 5.74) is 2.38. The van der Waals surface area contributed by atoms with Gasteiger partial charge >= 0.3 is 6.18 Å². The van der Waals surface area contributed by atoms with Crippen LogP contribution in [-0.4, -0.2) is 12.1 Å². The van der Waals surface area contributed by atoms with Crippen molar-refractivity contribution in [2.45, 2.75) is 32.9 Å². The molecule has 0 unspecified atom stereocenters. The van der Waals surface area contributed by atoms with Crippen LogP contribution in [0.2, 0.25) is 0 Å². The standard InChI is InChI=1S/C7H12F3NO/c1-3-6(4-2,5(11)12)7(8,9)10/h3-4H2,1-2H3,(H2,11,12). The van der Waals surface area contributed by atoms with Crippen LogP contribution >= 0.6 is 0 Å². The number of hydrogen-bond acceptors (Lipinski definition) is 1. The second-order valence-electron chi connectivity index (χ2n) is 2.65. The second kappa shape index (κ2) is 3.33. The molecule has 0 aromatic rings. The molecule has 0 heterocycles. The summed E-state index contributed by atoms with van der Waals surface area (Å²) >= 11 is 0. The second-order valence-corrected chi connectivity index (χ2v) is 2.65. The van der Waals surface area contributed by atoms with Crippen molar-refractivity contribution < 1.29 is 18.0 Å². The van der Waals surface area contributed by atoms with Gasteiger partial charge in [-0.3, -0.25) is 4.79 Å². The Morgan fingerprint density at radius 2 is 1.58 bits per heavy atom. The van der Waals surface area contributed by atoms with Gasteiger partial charge < -0.3 is 5.73 Å². The molecular weight excluding hydrogens is 171 g/mol. The lowest BCUT2D eigenvalue weighted by Crippen LogP contribution is -2.47. The highest BCUT2D eigenvalue weighted by molar-refractivity contribution is 5.81. The summed E-state index contributed by atoms with van der Waals surface area (Å²) in [6, 6.07) is 0. The predicted octanol–water partition coefficient (Wildman–Crippen LogP) is 1.84. The Balaban J connectivity index is 4.97. The number of amides is 1. The molecule has 0 fully saturated rings. The summed E-state index contributed by atoms with van der Waals surface area (Å²) in [5, 5.41) is 0. The van der Waals surface area contributed by atoms with Crippen molar-refractivity contribution in [3.05, 3.63) is 0 Å². The van der Waals surface area contributed by atoms with Crippen LogP contribution in [0.4, 0.5) is 13.2 Å². The molecule has 0 atom stereocenters. The van der Waals surface area contributed by atoms with Crippen molar-refractivity contribution in [1.82, 2.24) is 0 Å². The van der Waals surface area contributed by atoms with Gasteiger partial charge in [0.2, 0.25) is 5.91 Å². The van der Waals surface area contributed by atoms with Gasteiger partial charge in [0.05, 0.1) is 0 Å². The molecule has 0 aliphatic rings. The zero-order valence-corrected chi connectivity index (χ0v) is 7.03. The molecule has 0 aliphatic heterocycles. The van der Waals surface area contributed by atoms with Gasteiger partial charge in [-0.1, -0.05) is 13.8 Å². The van der Waals surface area contributed by atoms with E-state index in [9.17, 15) is 18.0 Å². The van der Waals surface area contributed by atoms with Gasteiger partial charge in [-0.25, -0.2) is 0 Å². The molecule has 0 aliphatic carbocycles. The van der Waals surface area contributed by atoms with Crippen LogP contribution in [-0.2, 0) is 4.79 Å². The monoisotopic (exact) mass is 183 g/mol. The molecule has 0 saturated heterocycles. The molecule has 0 aromatic carbocycles. The van der Waals surface area contributed by atoms with Crippen molar-refractivity contribution in [3.8, 4) is 0 Å². The minimum Gasteiger partial charge on any atom is -0.369 e. The van der Waals surface area contributed by atoms with Gasteiger partial charge in [0.25, 0.3) is 0 Å². The first-order valence-electron chi connectivity index (χ1n) is 3.68. The van der Waals surface area contributed by atoms with Crippen LogP contribution in [0.1, 0.15) is 26.7 Å². The van der Waals surface area contributed by atoms with Crippen LogP contribution in [0.5, 0.6) is 0 Å². The fourth-order valence-electron chi connectivity index (χ4n) is 1.14. The number of carbonyl (C=O) groups is 1. The Hall–Kier alpha value is -0.740. The van der Waals surface area contributed by atoms with E-state index in [1.165, 1.54) is 13.8 Å². The SMILES string of the molecule is CCC(CC)(C(N)=O)C(F)(F)F. The maximum absolute atomic E-state index is 12.3. The lowest BCUT2D eigenvalue weighted by Gasteiger charge is -2.30. The highest BCUT2D eigenvalue weighted by atomic mass is 19.4. The van der Waals surface area contributed by atoms with E-state index in [4.69, 9.17) is 5.73 Å². The highest BCUT2D eigenvalue weighted by Gasteiger charge is 2.56. The maximum Gasteiger partial charge on any atom is 0.403 e. The Morgan fingerprint density at radius 3 is 1.58 bits per heavy atom. The van der Waals surface area contributed by atoms with Crippen molar-refractivity contribution in [2.24, 2.45) is 11.1 Å². The molecule has 0 aromatic heterocycles. The normalized spacial score (nSPS) is 13.1. The molecule has 0 bridgehead atoms. The summed E-state index contributed by atoms with van der Waals surface area (Å²) in [4.78, 5) is 10.6. The Bertz CT molecular complexity index is 172. The number of hydrogen-bond donors (Lipinski definition) is 1. The van der Waals surface area contributed by atoms with E-state index in [0.29, 0.717) is 0 Å².